The van der Waals surface area contributed by atoms with Crippen LogP contribution in [-0.2, 0) is 22.7 Å². The molecule has 0 saturated carbocycles. The van der Waals surface area contributed by atoms with E-state index in [2.05, 4.69) is 34.8 Å². The third kappa shape index (κ3) is 12.1. The molecule has 0 unspecified atom stereocenters. The van der Waals surface area contributed by atoms with E-state index in [1.807, 2.05) is 0 Å². The highest BCUT2D eigenvalue weighted by Gasteiger charge is 2.41. The third-order valence-electron chi connectivity index (χ3n) is 8.49. The Morgan fingerprint density at radius 2 is 1.67 bits per heavy atom. The molecule has 0 aromatic heterocycles. The maximum atomic E-state index is 14.0. The Bertz CT molecular complexity index is 1380. The summed E-state index contributed by atoms with van der Waals surface area (Å²) in [5.74, 6) is 0.119. The molecule has 0 radical (unpaired) electrons. The van der Waals surface area contributed by atoms with Crippen LogP contribution in [0.4, 0.5) is 0 Å². The smallest absolute Gasteiger partial charge is 0.247 e. The summed E-state index contributed by atoms with van der Waals surface area (Å²) in [6.07, 6.45) is 9.71. The SMILES string of the molecule is CCCCCCCCCCCC(=O)N(Cc1ccc(Cl)c(Cl)c1)[C@@H]1CC(C(=O)NCCO)=C[C@H](Oc2c(I)cc(CO)cc2OC)[C@H]1O. The molecule has 0 aliphatic heterocycles. The fourth-order valence-corrected chi connectivity index (χ4v) is 6.96. The van der Waals surface area contributed by atoms with Gasteiger partial charge in [-0.15, -0.1) is 0 Å². The molecule has 12 heteroatoms. The summed E-state index contributed by atoms with van der Waals surface area (Å²) in [5.41, 5.74) is 1.67. The van der Waals surface area contributed by atoms with Crippen molar-refractivity contribution in [1.82, 2.24) is 10.2 Å². The lowest BCUT2D eigenvalue weighted by Crippen LogP contribution is -2.54. The van der Waals surface area contributed by atoms with Crippen LogP contribution >= 0.6 is 45.8 Å². The predicted octanol–water partition coefficient (Wildman–Crippen LogP) is 6.96. The molecule has 2 aromatic carbocycles. The number of unbranched alkanes of at least 4 members (excludes halogenated alkanes) is 8. The molecule has 2 amide bonds. The summed E-state index contributed by atoms with van der Waals surface area (Å²) < 4.78 is 12.5. The van der Waals surface area contributed by atoms with Crippen LogP contribution in [0.3, 0.4) is 0 Å². The number of methoxy groups -OCH3 is 1. The Morgan fingerprint density at radius 1 is 0.979 bits per heavy atom. The van der Waals surface area contributed by atoms with Gasteiger partial charge >= 0.3 is 0 Å². The number of hydrogen-bond acceptors (Lipinski definition) is 7. The lowest BCUT2D eigenvalue weighted by atomic mass is 9.87. The van der Waals surface area contributed by atoms with E-state index in [-0.39, 0.29) is 45.1 Å². The van der Waals surface area contributed by atoms with Crippen molar-refractivity contribution in [3.8, 4) is 11.5 Å². The molecule has 1 aliphatic rings. The van der Waals surface area contributed by atoms with Crippen LogP contribution in [0.25, 0.3) is 0 Å². The van der Waals surface area contributed by atoms with Crippen molar-refractivity contribution in [3.05, 3.63) is 66.7 Å². The van der Waals surface area contributed by atoms with Gasteiger partial charge in [-0.2, -0.15) is 0 Å². The minimum atomic E-state index is -1.22. The third-order valence-corrected chi connectivity index (χ3v) is 10.0. The van der Waals surface area contributed by atoms with E-state index >= 15 is 0 Å². The van der Waals surface area contributed by atoms with E-state index in [0.717, 1.165) is 24.8 Å². The summed E-state index contributed by atoms with van der Waals surface area (Å²) in [6, 6.07) is 7.73. The number of hydrogen-bond donors (Lipinski definition) is 4. The first-order chi connectivity index (χ1) is 23.1. The van der Waals surface area contributed by atoms with E-state index in [1.165, 1.54) is 39.2 Å². The molecule has 0 bridgehead atoms. The van der Waals surface area contributed by atoms with Crippen molar-refractivity contribution in [2.45, 2.75) is 109 Å². The highest BCUT2D eigenvalue weighted by Crippen LogP contribution is 2.37. The molecule has 4 N–H and O–H groups in total. The second-order valence-electron chi connectivity index (χ2n) is 12.1. The maximum Gasteiger partial charge on any atom is 0.247 e. The molecular formula is C36H49Cl2IN2O7. The molecular weight excluding hydrogens is 770 g/mol. The van der Waals surface area contributed by atoms with Gasteiger partial charge in [0.2, 0.25) is 11.8 Å². The fourth-order valence-electron chi connectivity index (χ4n) is 5.85. The minimum Gasteiger partial charge on any atom is -0.493 e. The van der Waals surface area contributed by atoms with Gasteiger partial charge in [-0.05, 0) is 70.5 Å². The first-order valence-electron chi connectivity index (χ1n) is 16.8. The number of aliphatic hydroxyl groups is 3. The molecule has 266 valence electrons. The Balaban J connectivity index is 1.90. The van der Waals surface area contributed by atoms with Crippen LogP contribution < -0.4 is 14.8 Å². The summed E-state index contributed by atoms with van der Waals surface area (Å²) in [7, 11) is 1.48. The summed E-state index contributed by atoms with van der Waals surface area (Å²) in [6.45, 7) is 1.96. The van der Waals surface area contributed by atoms with Crippen molar-refractivity contribution < 1.29 is 34.4 Å². The fraction of sp³-hybridized carbons (Fsp3) is 0.556. The lowest BCUT2D eigenvalue weighted by Gasteiger charge is -2.41. The average Bonchev–Trinajstić information content (AvgIpc) is 3.08. The second kappa shape index (κ2) is 21.2. The lowest BCUT2D eigenvalue weighted by molar-refractivity contribution is -0.139. The Hall–Kier alpha value is -2.09. The van der Waals surface area contributed by atoms with Gasteiger partial charge in [-0.25, -0.2) is 0 Å². The van der Waals surface area contributed by atoms with Gasteiger partial charge < -0.3 is 35.0 Å². The molecule has 0 heterocycles. The summed E-state index contributed by atoms with van der Waals surface area (Å²) in [4.78, 5) is 28.9. The zero-order valence-electron chi connectivity index (χ0n) is 27.9. The van der Waals surface area contributed by atoms with E-state index in [9.17, 15) is 24.9 Å². The molecule has 3 atom stereocenters. The van der Waals surface area contributed by atoms with Crippen molar-refractivity contribution in [3.63, 3.8) is 0 Å². The molecule has 3 rings (SSSR count). The highest BCUT2D eigenvalue weighted by molar-refractivity contribution is 14.1. The Kier molecular flexibility index (Phi) is 17.8. The van der Waals surface area contributed by atoms with Crippen LogP contribution in [0.5, 0.6) is 11.5 Å². The molecule has 0 spiro atoms. The van der Waals surface area contributed by atoms with Crippen molar-refractivity contribution in [1.29, 1.82) is 0 Å². The zero-order valence-corrected chi connectivity index (χ0v) is 31.5. The first kappa shape index (κ1) is 40.3. The number of rotatable bonds is 20. The molecule has 48 heavy (non-hydrogen) atoms. The number of benzene rings is 2. The number of amides is 2. The number of halogens is 3. The Labute approximate surface area is 308 Å². The largest absolute Gasteiger partial charge is 0.493 e. The van der Waals surface area contributed by atoms with Crippen molar-refractivity contribution in [2.24, 2.45) is 0 Å². The monoisotopic (exact) mass is 818 g/mol. The number of carbonyl (C=O) groups excluding carboxylic acids is 2. The van der Waals surface area contributed by atoms with Crippen LogP contribution in [0.2, 0.25) is 10.0 Å². The summed E-state index contributed by atoms with van der Waals surface area (Å²) in [5, 5.41) is 34.3. The molecule has 9 nitrogen and oxygen atoms in total. The van der Waals surface area contributed by atoms with Gasteiger partial charge in [0.1, 0.15) is 12.2 Å². The van der Waals surface area contributed by atoms with Gasteiger partial charge in [0.15, 0.2) is 11.5 Å². The summed E-state index contributed by atoms with van der Waals surface area (Å²) >= 11 is 14.6. The number of nitrogens with one attached hydrogen (secondary N) is 1. The quantitative estimate of drug-likeness (QED) is 0.0841. The highest BCUT2D eigenvalue weighted by atomic mass is 127. The number of nitrogens with zero attached hydrogens (tertiary/aromatic N) is 1. The van der Waals surface area contributed by atoms with E-state index < -0.39 is 24.2 Å². The molecule has 0 fully saturated rings. The zero-order chi connectivity index (χ0) is 35.1. The molecule has 0 saturated heterocycles. The van der Waals surface area contributed by atoms with E-state index in [4.69, 9.17) is 32.7 Å². The minimum absolute atomic E-state index is 0.0494. The van der Waals surface area contributed by atoms with Crippen molar-refractivity contribution >= 4 is 57.6 Å². The number of aliphatic hydroxyl groups excluding tert-OH is 3. The molecule has 1 aliphatic carbocycles. The first-order valence-corrected chi connectivity index (χ1v) is 18.6. The van der Waals surface area contributed by atoms with Crippen LogP contribution in [0.15, 0.2) is 42.0 Å². The maximum absolute atomic E-state index is 14.0. The standard InChI is InChI=1S/C36H49Cl2IN2O7/c1-3-4-5-6-7-8-9-10-11-12-33(44)41(22-24-13-14-27(37)28(38)17-24)30-20-26(36(46)40-15-16-42)21-31(34(30)45)48-35-29(39)18-25(23-43)19-32(35)47-2/h13-14,17-19,21,30-31,34,42-43,45H,3-12,15-16,20,22-23H2,1-2H3,(H,40,46)/t30-,31+,34+/m1/s1. The van der Waals surface area contributed by atoms with Crippen LogP contribution in [0, 0.1) is 3.57 Å². The van der Waals surface area contributed by atoms with E-state index in [0.29, 0.717) is 42.7 Å². The second-order valence-corrected chi connectivity index (χ2v) is 14.1. The number of ether oxygens (including phenoxy) is 2. The van der Waals surface area contributed by atoms with Crippen LogP contribution in [-0.4, -0.2) is 70.5 Å². The predicted molar refractivity (Wildman–Crippen MR) is 197 cm³/mol. The number of carbonyl (C=O) groups is 2. The topological polar surface area (TPSA) is 129 Å². The van der Waals surface area contributed by atoms with Gasteiger partial charge in [0, 0.05) is 31.5 Å². The van der Waals surface area contributed by atoms with Gasteiger partial charge in [-0.3, -0.25) is 9.59 Å². The van der Waals surface area contributed by atoms with Crippen molar-refractivity contribution in [2.75, 3.05) is 20.3 Å². The Morgan fingerprint density at radius 3 is 2.29 bits per heavy atom. The van der Waals surface area contributed by atoms with Crippen LogP contribution in [0.1, 0.15) is 88.7 Å². The van der Waals surface area contributed by atoms with Gasteiger partial charge in [0.05, 0.1) is 40.0 Å². The van der Waals surface area contributed by atoms with Gasteiger partial charge in [-0.1, -0.05) is 87.6 Å². The van der Waals surface area contributed by atoms with E-state index in [1.54, 1.807) is 41.3 Å². The average molecular weight is 820 g/mol. The van der Waals surface area contributed by atoms with Gasteiger partial charge in [0.25, 0.3) is 0 Å². The molecule has 2 aromatic rings. The normalized spacial score (nSPS) is 17.5.